The number of anilines is 2. The number of amides is 1. The lowest BCUT2D eigenvalue weighted by Gasteiger charge is -2.41. The van der Waals surface area contributed by atoms with Crippen LogP contribution in [0.3, 0.4) is 0 Å². The van der Waals surface area contributed by atoms with E-state index in [1.807, 2.05) is 19.1 Å². The molecule has 1 aliphatic carbocycles. The van der Waals surface area contributed by atoms with Gasteiger partial charge in [0.2, 0.25) is 0 Å². The van der Waals surface area contributed by atoms with Gasteiger partial charge in [-0.25, -0.2) is 19.3 Å². The Bertz CT molecular complexity index is 1240. The molecule has 1 aliphatic heterocycles. The van der Waals surface area contributed by atoms with Crippen molar-refractivity contribution in [1.82, 2.24) is 25.6 Å². The van der Waals surface area contributed by atoms with Crippen LogP contribution in [-0.2, 0) is 0 Å². The minimum atomic E-state index is -0.593. The molecule has 0 atom stereocenters. The third kappa shape index (κ3) is 6.90. The third-order valence-electron chi connectivity index (χ3n) is 7.65. The number of pyridine rings is 2. The van der Waals surface area contributed by atoms with E-state index in [2.05, 4.69) is 30.9 Å². The van der Waals surface area contributed by atoms with Crippen LogP contribution in [-0.4, -0.2) is 40.5 Å². The van der Waals surface area contributed by atoms with Gasteiger partial charge in [-0.05, 0) is 74.4 Å². The van der Waals surface area contributed by atoms with Crippen LogP contribution in [0, 0.1) is 24.1 Å². The van der Waals surface area contributed by atoms with E-state index in [4.69, 9.17) is 0 Å². The zero-order chi connectivity index (χ0) is 26.4. The van der Waals surface area contributed by atoms with Crippen molar-refractivity contribution < 1.29 is 9.18 Å². The Morgan fingerprint density at radius 1 is 1.16 bits per heavy atom. The molecule has 0 aromatic carbocycles. The van der Waals surface area contributed by atoms with Gasteiger partial charge >= 0.3 is 0 Å². The minimum Gasteiger partial charge on any atom is -0.350 e. The maximum atomic E-state index is 15.4. The molecule has 4 heterocycles. The summed E-state index contributed by atoms with van der Waals surface area (Å²) in [4.78, 5) is 26.3. The SMILES string of the molecule is Cc1ccnc(Nc2ncc(Sc3ccnc(C(=O)NCC4(CC5CCCCC5)CCNCC4)c3F)s2)c1. The second-order valence-electron chi connectivity index (χ2n) is 10.5. The van der Waals surface area contributed by atoms with Gasteiger partial charge in [0.25, 0.3) is 5.91 Å². The van der Waals surface area contributed by atoms with Crippen LogP contribution in [0.1, 0.15) is 67.4 Å². The van der Waals surface area contributed by atoms with E-state index in [0.29, 0.717) is 22.4 Å². The lowest BCUT2D eigenvalue weighted by atomic mass is 9.69. The molecular formula is C28H35FN6OS2. The number of piperidine rings is 1. The number of thiazole rings is 1. The van der Waals surface area contributed by atoms with Gasteiger partial charge in [0.1, 0.15) is 5.82 Å². The number of carbonyl (C=O) groups excluding carboxylic acids is 1. The Morgan fingerprint density at radius 2 is 1.95 bits per heavy atom. The normalized spacial score (nSPS) is 17.7. The summed E-state index contributed by atoms with van der Waals surface area (Å²) in [6.45, 7) is 4.50. The first-order valence-electron chi connectivity index (χ1n) is 13.5. The predicted molar refractivity (Wildman–Crippen MR) is 151 cm³/mol. The van der Waals surface area contributed by atoms with Crippen LogP contribution in [0.2, 0.25) is 0 Å². The number of nitrogens with one attached hydrogen (secondary N) is 3. The van der Waals surface area contributed by atoms with Gasteiger partial charge in [-0.1, -0.05) is 55.2 Å². The van der Waals surface area contributed by atoms with E-state index >= 15 is 4.39 Å². The number of hydrogen-bond donors (Lipinski definition) is 3. The number of aryl methyl sites for hydroxylation is 1. The summed E-state index contributed by atoms with van der Waals surface area (Å²) < 4.78 is 16.2. The van der Waals surface area contributed by atoms with E-state index < -0.39 is 11.7 Å². The average molecular weight is 555 g/mol. The first-order valence-corrected chi connectivity index (χ1v) is 15.1. The molecule has 10 heteroatoms. The monoisotopic (exact) mass is 554 g/mol. The summed E-state index contributed by atoms with van der Waals surface area (Å²) in [6, 6.07) is 5.46. The largest absolute Gasteiger partial charge is 0.350 e. The van der Waals surface area contributed by atoms with E-state index in [0.717, 1.165) is 48.0 Å². The number of halogens is 1. The molecular weight excluding hydrogens is 519 g/mol. The molecule has 3 N–H and O–H groups in total. The first kappa shape index (κ1) is 27.0. The number of aromatic nitrogens is 3. The van der Waals surface area contributed by atoms with Crippen molar-refractivity contribution in [2.24, 2.45) is 11.3 Å². The fourth-order valence-electron chi connectivity index (χ4n) is 5.62. The van der Waals surface area contributed by atoms with Gasteiger partial charge in [-0.15, -0.1) is 0 Å². The van der Waals surface area contributed by atoms with Gasteiger partial charge < -0.3 is 16.0 Å². The molecule has 1 saturated carbocycles. The van der Waals surface area contributed by atoms with Crippen LogP contribution in [0.15, 0.2) is 45.9 Å². The molecule has 7 nitrogen and oxygen atoms in total. The van der Waals surface area contributed by atoms with Gasteiger partial charge in [0, 0.05) is 18.9 Å². The summed E-state index contributed by atoms with van der Waals surface area (Å²) in [5.74, 6) is 0.405. The highest BCUT2D eigenvalue weighted by molar-refractivity contribution is 8.01. The number of hydrogen-bond acceptors (Lipinski definition) is 8. The maximum Gasteiger partial charge on any atom is 0.272 e. The Balaban J connectivity index is 1.23. The molecule has 38 heavy (non-hydrogen) atoms. The molecule has 3 aromatic heterocycles. The molecule has 1 amide bonds. The van der Waals surface area contributed by atoms with Crippen molar-refractivity contribution in [2.45, 2.75) is 67.4 Å². The lowest BCUT2D eigenvalue weighted by molar-refractivity contribution is 0.0864. The van der Waals surface area contributed by atoms with Gasteiger partial charge in [0.15, 0.2) is 16.6 Å². The Labute approximate surface area is 231 Å². The van der Waals surface area contributed by atoms with Crippen LogP contribution in [0.4, 0.5) is 15.3 Å². The number of carbonyl (C=O) groups is 1. The smallest absolute Gasteiger partial charge is 0.272 e. The summed E-state index contributed by atoms with van der Waals surface area (Å²) in [5.41, 5.74) is 1.02. The van der Waals surface area contributed by atoms with Crippen molar-refractivity contribution in [3.05, 3.63) is 53.9 Å². The van der Waals surface area contributed by atoms with Crippen LogP contribution in [0.25, 0.3) is 0 Å². The molecule has 0 unspecified atom stereocenters. The quantitative estimate of drug-likeness (QED) is 0.284. The zero-order valence-corrected chi connectivity index (χ0v) is 23.4. The molecule has 2 aliphatic rings. The lowest BCUT2D eigenvalue weighted by Crippen LogP contribution is -2.46. The predicted octanol–water partition coefficient (Wildman–Crippen LogP) is 6.35. The summed E-state index contributed by atoms with van der Waals surface area (Å²) >= 11 is 2.64. The molecule has 3 aromatic rings. The van der Waals surface area contributed by atoms with Crippen molar-refractivity contribution in [3.63, 3.8) is 0 Å². The molecule has 0 spiro atoms. The Hall–Kier alpha value is -2.56. The summed E-state index contributed by atoms with van der Waals surface area (Å²) in [5, 5.41) is 10.4. The highest BCUT2D eigenvalue weighted by Crippen LogP contribution is 2.40. The second-order valence-corrected chi connectivity index (χ2v) is 12.9. The topological polar surface area (TPSA) is 91.8 Å². The van der Waals surface area contributed by atoms with Crippen molar-refractivity contribution in [1.29, 1.82) is 0 Å². The second kappa shape index (κ2) is 12.5. The highest BCUT2D eigenvalue weighted by Gasteiger charge is 2.35. The molecule has 2 fully saturated rings. The summed E-state index contributed by atoms with van der Waals surface area (Å²) in [6.07, 6.45) is 14.7. The third-order valence-corrected chi connectivity index (χ3v) is 9.70. The van der Waals surface area contributed by atoms with Crippen LogP contribution < -0.4 is 16.0 Å². The van der Waals surface area contributed by atoms with E-state index in [9.17, 15) is 4.79 Å². The zero-order valence-electron chi connectivity index (χ0n) is 21.8. The van der Waals surface area contributed by atoms with E-state index in [1.54, 1.807) is 18.5 Å². The molecule has 1 saturated heterocycles. The maximum absolute atomic E-state index is 15.4. The van der Waals surface area contributed by atoms with Crippen molar-refractivity contribution in [2.75, 3.05) is 25.0 Å². The van der Waals surface area contributed by atoms with E-state index in [-0.39, 0.29) is 11.1 Å². The highest BCUT2D eigenvalue weighted by atomic mass is 32.2. The summed E-state index contributed by atoms with van der Waals surface area (Å²) in [7, 11) is 0. The fraction of sp³-hybridized carbons (Fsp3) is 0.500. The fourth-order valence-corrected chi connectivity index (χ4v) is 7.48. The average Bonchev–Trinajstić information content (AvgIpc) is 3.36. The first-order chi connectivity index (χ1) is 18.5. The molecule has 5 rings (SSSR count). The number of nitrogens with zero attached hydrogens (tertiary/aromatic N) is 3. The van der Waals surface area contributed by atoms with Crippen molar-refractivity contribution >= 4 is 40.0 Å². The van der Waals surface area contributed by atoms with Gasteiger partial charge in [-0.2, -0.15) is 0 Å². The van der Waals surface area contributed by atoms with Crippen LogP contribution in [0.5, 0.6) is 0 Å². The minimum absolute atomic E-state index is 0.0734. The Morgan fingerprint density at radius 3 is 2.74 bits per heavy atom. The van der Waals surface area contributed by atoms with Gasteiger partial charge in [0.05, 0.1) is 15.3 Å². The van der Waals surface area contributed by atoms with Gasteiger partial charge in [-0.3, -0.25) is 4.79 Å². The Kier molecular flexibility index (Phi) is 8.91. The van der Waals surface area contributed by atoms with Crippen LogP contribution >= 0.6 is 23.1 Å². The standard InChI is InChI=1S/C28H35FN6OS2/c1-19-7-11-31-22(15-19)35-27-33-17-23(38-27)37-21-8-12-32-25(24(21)29)26(36)34-18-28(9-13-30-14-10-28)16-20-5-3-2-4-6-20/h7-8,11-12,15,17,20,30H,2-6,9-10,13-14,16,18H2,1H3,(H,34,36)(H,31,33,35). The van der Waals surface area contributed by atoms with E-state index in [1.165, 1.54) is 61.4 Å². The molecule has 0 bridgehead atoms. The van der Waals surface area contributed by atoms with Crippen molar-refractivity contribution in [3.8, 4) is 0 Å². The molecule has 0 radical (unpaired) electrons. The molecule has 202 valence electrons. The number of rotatable bonds is 9.